The summed E-state index contributed by atoms with van der Waals surface area (Å²) in [6, 6.07) is 0. The minimum atomic E-state index is -4.95. The number of hydrogen-bond donors (Lipinski definition) is 3. The van der Waals surface area contributed by atoms with Gasteiger partial charge < -0.3 is 33.8 Å². The van der Waals surface area contributed by atoms with E-state index in [9.17, 15) is 43.2 Å². The van der Waals surface area contributed by atoms with Crippen molar-refractivity contribution in [3.8, 4) is 0 Å². The summed E-state index contributed by atoms with van der Waals surface area (Å²) in [6.45, 7) is 4.84. The van der Waals surface area contributed by atoms with Crippen molar-refractivity contribution < 1.29 is 80.2 Å². The zero-order valence-corrected chi connectivity index (χ0v) is 57.1. The molecular formula is C67H130O17P2. The van der Waals surface area contributed by atoms with Crippen LogP contribution in [0.1, 0.15) is 349 Å². The van der Waals surface area contributed by atoms with Gasteiger partial charge in [0.2, 0.25) is 0 Å². The summed E-state index contributed by atoms with van der Waals surface area (Å²) in [7, 11) is -9.88. The van der Waals surface area contributed by atoms with Crippen LogP contribution >= 0.6 is 15.6 Å². The van der Waals surface area contributed by atoms with Gasteiger partial charge >= 0.3 is 39.5 Å². The van der Waals surface area contributed by atoms with E-state index in [4.69, 9.17) is 37.0 Å². The third-order valence-electron chi connectivity index (χ3n) is 15.6. The number of unbranched alkanes of at least 4 members (excludes halogenated alkanes) is 42. The zero-order valence-electron chi connectivity index (χ0n) is 55.3. The van der Waals surface area contributed by atoms with Crippen LogP contribution in [0, 0.1) is 0 Å². The molecule has 510 valence electrons. The molecule has 0 aliphatic heterocycles. The van der Waals surface area contributed by atoms with Gasteiger partial charge in [-0.1, -0.05) is 297 Å². The van der Waals surface area contributed by atoms with Crippen LogP contribution < -0.4 is 0 Å². The molecule has 0 amide bonds. The molecule has 0 heterocycles. The molecule has 0 bridgehead atoms. The van der Waals surface area contributed by atoms with Crippen molar-refractivity contribution in [3.63, 3.8) is 0 Å². The van der Waals surface area contributed by atoms with Crippen molar-refractivity contribution >= 4 is 39.5 Å². The number of carbonyl (C=O) groups excluding carboxylic acids is 4. The number of phosphoric acid groups is 2. The van der Waals surface area contributed by atoms with E-state index < -0.39 is 97.5 Å². The Kier molecular flexibility index (Phi) is 60.5. The number of esters is 4. The van der Waals surface area contributed by atoms with Gasteiger partial charge in [0.05, 0.1) is 26.4 Å². The van der Waals surface area contributed by atoms with E-state index in [1.165, 1.54) is 173 Å². The van der Waals surface area contributed by atoms with E-state index in [2.05, 4.69) is 27.7 Å². The highest BCUT2D eigenvalue weighted by Gasteiger charge is 2.30. The second-order valence-corrected chi connectivity index (χ2v) is 27.1. The second kappa shape index (κ2) is 61.9. The van der Waals surface area contributed by atoms with Crippen LogP contribution in [0.25, 0.3) is 0 Å². The first-order chi connectivity index (χ1) is 41.7. The lowest BCUT2D eigenvalue weighted by Crippen LogP contribution is -2.30. The highest BCUT2D eigenvalue weighted by Crippen LogP contribution is 2.45. The zero-order chi connectivity index (χ0) is 63.3. The number of hydrogen-bond acceptors (Lipinski definition) is 15. The van der Waals surface area contributed by atoms with Crippen LogP contribution in [-0.2, 0) is 65.4 Å². The van der Waals surface area contributed by atoms with Gasteiger partial charge in [-0.15, -0.1) is 0 Å². The summed E-state index contributed by atoms with van der Waals surface area (Å²) in [5.74, 6) is -2.13. The molecule has 0 radical (unpaired) electrons. The Labute approximate surface area is 524 Å². The lowest BCUT2D eigenvalue weighted by molar-refractivity contribution is -0.161. The fourth-order valence-electron chi connectivity index (χ4n) is 10.2. The van der Waals surface area contributed by atoms with Gasteiger partial charge in [-0.25, -0.2) is 9.13 Å². The Hall–Kier alpha value is -1.94. The van der Waals surface area contributed by atoms with E-state index in [0.717, 1.165) is 96.3 Å². The number of rotatable bonds is 68. The predicted molar refractivity (Wildman–Crippen MR) is 345 cm³/mol. The first kappa shape index (κ1) is 84.1. The molecule has 0 aliphatic rings. The molecule has 0 aliphatic carbocycles. The van der Waals surface area contributed by atoms with Crippen molar-refractivity contribution in [2.24, 2.45) is 0 Å². The largest absolute Gasteiger partial charge is 0.472 e. The Morgan fingerprint density at radius 2 is 0.465 bits per heavy atom. The number of aliphatic hydroxyl groups is 1. The highest BCUT2D eigenvalue weighted by atomic mass is 31.2. The summed E-state index contributed by atoms with van der Waals surface area (Å²) in [5.41, 5.74) is 0. The van der Waals surface area contributed by atoms with Gasteiger partial charge in [-0.05, 0) is 25.7 Å². The molecule has 0 rings (SSSR count). The molecule has 0 saturated carbocycles. The van der Waals surface area contributed by atoms with Crippen LogP contribution in [-0.4, -0.2) is 96.7 Å². The van der Waals surface area contributed by atoms with Crippen LogP contribution in [0.4, 0.5) is 0 Å². The van der Waals surface area contributed by atoms with Gasteiger partial charge in [0.1, 0.15) is 19.3 Å². The van der Waals surface area contributed by atoms with E-state index >= 15 is 0 Å². The lowest BCUT2D eigenvalue weighted by Gasteiger charge is -2.21. The van der Waals surface area contributed by atoms with Crippen LogP contribution in [0.15, 0.2) is 0 Å². The van der Waals surface area contributed by atoms with E-state index in [1.807, 2.05) is 0 Å². The standard InChI is InChI=1S/C67H130O17P2/c1-5-9-13-17-20-23-26-28-30-32-35-37-40-44-48-52-65(70)78-58-63(84-67(72)54-50-46-42-39-36-33-31-29-27-24-21-18-14-10-6-2)60-82-86(75,76)80-56-61(68)55-79-85(73,74)81-59-62(57-77-64(69)51-47-43-16-12-8-4)83-66(71)53-49-45-41-38-34-25-22-19-15-11-7-3/h61-63,68H,5-60H2,1-4H3,(H,73,74)(H,75,76)/t61-,62+,63+/m0/s1. The van der Waals surface area contributed by atoms with Crippen LogP contribution in [0.2, 0.25) is 0 Å². The minimum absolute atomic E-state index is 0.106. The van der Waals surface area contributed by atoms with Gasteiger partial charge in [0.15, 0.2) is 12.2 Å². The number of aliphatic hydroxyl groups excluding tert-OH is 1. The van der Waals surface area contributed by atoms with E-state index in [0.29, 0.717) is 25.7 Å². The molecule has 0 aromatic carbocycles. The maximum Gasteiger partial charge on any atom is 0.472 e. The molecule has 86 heavy (non-hydrogen) atoms. The van der Waals surface area contributed by atoms with Gasteiger partial charge in [-0.2, -0.15) is 0 Å². The normalized spacial score (nSPS) is 14.1. The smallest absolute Gasteiger partial charge is 0.462 e. The van der Waals surface area contributed by atoms with Gasteiger partial charge in [0.25, 0.3) is 0 Å². The average Bonchev–Trinajstić information content (AvgIpc) is 3.70. The van der Waals surface area contributed by atoms with Crippen molar-refractivity contribution in [1.29, 1.82) is 0 Å². The summed E-state index contributed by atoms with van der Waals surface area (Å²) < 4.78 is 68.0. The monoisotopic (exact) mass is 1270 g/mol. The summed E-state index contributed by atoms with van der Waals surface area (Å²) >= 11 is 0. The van der Waals surface area contributed by atoms with E-state index in [1.54, 1.807) is 0 Å². The third-order valence-corrected chi connectivity index (χ3v) is 17.5. The maximum absolute atomic E-state index is 13.0. The van der Waals surface area contributed by atoms with Crippen molar-refractivity contribution in [1.82, 2.24) is 0 Å². The fraction of sp³-hybridized carbons (Fsp3) is 0.940. The molecule has 0 spiro atoms. The van der Waals surface area contributed by atoms with Crippen molar-refractivity contribution in [2.45, 2.75) is 367 Å². The summed E-state index contributed by atoms with van der Waals surface area (Å²) in [4.78, 5) is 72.1. The second-order valence-electron chi connectivity index (χ2n) is 24.2. The molecule has 0 saturated heterocycles. The number of carbonyl (C=O) groups is 4. The molecule has 0 aromatic heterocycles. The Bertz CT molecular complexity index is 1650. The van der Waals surface area contributed by atoms with Crippen LogP contribution in [0.5, 0.6) is 0 Å². The van der Waals surface area contributed by atoms with E-state index in [-0.39, 0.29) is 25.7 Å². The summed E-state index contributed by atoms with van der Waals surface area (Å²) in [5, 5.41) is 10.5. The molecular weight excluding hydrogens is 1140 g/mol. The van der Waals surface area contributed by atoms with Gasteiger partial charge in [-0.3, -0.25) is 37.3 Å². The van der Waals surface area contributed by atoms with Crippen molar-refractivity contribution in [2.75, 3.05) is 39.6 Å². The molecule has 0 fully saturated rings. The average molecular weight is 1270 g/mol. The Morgan fingerprint density at radius 1 is 0.279 bits per heavy atom. The highest BCUT2D eigenvalue weighted by molar-refractivity contribution is 7.47. The quantitative estimate of drug-likeness (QED) is 0.0222. The molecule has 17 nitrogen and oxygen atoms in total. The molecule has 0 aromatic rings. The topological polar surface area (TPSA) is 237 Å². The fourth-order valence-corrected chi connectivity index (χ4v) is 11.7. The number of ether oxygens (including phenoxy) is 4. The SMILES string of the molecule is CCCCCCCCCCCCCCCCCC(=O)OC[C@H](COP(=O)(O)OC[C@@H](O)COP(=O)(O)OC[C@@H](COC(=O)CCCCCCC)OC(=O)CCCCCCCCCCCCC)OC(=O)CCCCCCCCCCCCCCCCC. The lowest BCUT2D eigenvalue weighted by atomic mass is 10.0. The summed E-state index contributed by atoms with van der Waals surface area (Å²) in [6.07, 6.45) is 48.8. The van der Waals surface area contributed by atoms with Gasteiger partial charge in [0, 0.05) is 25.7 Å². The van der Waals surface area contributed by atoms with Crippen LogP contribution in [0.3, 0.4) is 0 Å². The molecule has 2 unspecified atom stereocenters. The maximum atomic E-state index is 13.0. The first-order valence-electron chi connectivity index (χ1n) is 35.3. The molecule has 3 N–H and O–H groups in total. The molecule has 19 heteroatoms. The molecule has 5 atom stereocenters. The Morgan fingerprint density at radius 3 is 0.686 bits per heavy atom. The number of phosphoric ester groups is 2. The third kappa shape index (κ3) is 60.9. The predicted octanol–water partition coefficient (Wildman–Crippen LogP) is 19.1. The Balaban J connectivity index is 5.16. The van der Waals surface area contributed by atoms with Crippen molar-refractivity contribution in [3.05, 3.63) is 0 Å². The minimum Gasteiger partial charge on any atom is -0.462 e. The first-order valence-corrected chi connectivity index (χ1v) is 38.3.